The first-order chi connectivity index (χ1) is 15.7. The monoisotopic (exact) mass is 475 g/mol. The third kappa shape index (κ3) is 5.00. The zero-order valence-corrected chi connectivity index (χ0v) is 17.8. The molecule has 0 saturated heterocycles. The Bertz CT molecular complexity index is 1370. The van der Waals surface area contributed by atoms with Crippen molar-refractivity contribution in [2.24, 2.45) is 0 Å². The van der Waals surface area contributed by atoms with Crippen LogP contribution < -0.4 is 15.6 Å². The van der Waals surface area contributed by atoms with Crippen LogP contribution in [-0.4, -0.2) is 38.5 Å². The summed E-state index contributed by atoms with van der Waals surface area (Å²) in [7, 11) is 1.55. The van der Waals surface area contributed by atoms with E-state index in [-0.39, 0.29) is 22.0 Å². The van der Waals surface area contributed by atoms with Crippen LogP contribution in [0.5, 0.6) is 5.75 Å². The van der Waals surface area contributed by atoms with Gasteiger partial charge >= 0.3 is 6.18 Å². The fraction of sp³-hybridized carbons (Fsp3) is 0.143. The highest BCUT2D eigenvalue weighted by Gasteiger charge is 2.30. The SMILES string of the molecule is COc1ccc(-n2ncc3c(=O)[nH]c(SCC(=O)Nc4cccc(C(F)(F)F)c4)nc32)cc1. The minimum absolute atomic E-state index is 0.0184. The lowest BCUT2D eigenvalue weighted by atomic mass is 10.2. The van der Waals surface area contributed by atoms with Crippen LogP contribution in [0, 0.1) is 0 Å². The van der Waals surface area contributed by atoms with E-state index in [0.717, 1.165) is 23.9 Å². The van der Waals surface area contributed by atoms with Crippen molar-refractivity contribution in [3.63, 3.8) is 0 Å². The van der Waals surface area contributed by atoms with Gasteiger partial charge in [0, 0.05) is 5.69 Å². The van der Waals surface area contributed by atoms with Crippen LogP contribution in [0.15, 0.2) is 64.7 Å². The molecule has 12 heteroatoms. The highest BCUT2D eigenvalue weighted by atomic mass is 32.2. The van der Waals surface area contributed by atoms with Gasteiger partial charge in [-0.1, -0.05) is 17.8 Å². The standard InChI is InChI=1S/C21H16F3N5O3S/c1-32-15-7-5-14(6-8-15)29-18-16(10-25-29)19(31)28-20(27-18)33-11-17(30)26-13-4-2-3-12(9-13)21(22,23)24/h2-10H,11H2,1H3,(H,26,30)(H,27,28,31). The predicted molar refractivity (Wildman–Crippen MR) is 117 cm³/mol. The highest BCUT2D eigenvalue weighted by molar-refractivity contribution is 7.99. The molecule has 2 N–H and O–H groups in total. The van der Waals surface area contributed by atoms with Gasteiger partial charge in [0.2, 0.25) is 5.91 Å². The molecule has 0 saturated carbocycles. The molecule has 33 heavy (non-hydrogen) atoms. The number of fused-ring (bicyclic) bond motifs is 1. The number of nitrogens with one attached hydrogen (secondary N) is 2. The molecule has 0 atom stereocenters. The number of carbonyl (C=O) groups is 1. The van der Waals surface area contributed by atoms with Crippen molar-refractivity contribution < 1.29 is 22.7 Å². The second kappa shape index (κ2) is 8.98. The number of halogens is 3. The van der Waals surface area contributed by atoms with Crippen molar-refractivity contribution >= 4 is 34.4 Å². The molecule has 170 valence electrons. The van der Waals surface area contributed by atoms with E-state index in [1.165, 1.54) is 23.0 Å². The van der Waals surface area contributed by atoms with E-state index in [4.69, 9.17) is 4.74 Å². The maximum Gasteiger partial charge on any atom is 0.416 e. The topological polar surface area (TPSA) is 102 Å². The summed E-state index contributed by atoms with van der Waals surface area (Å²) in [6, 6.07) is 11.3. The van der Waals surface area contributed by atoms with Crippen LogP contribution in [-0.2, 0) is 11.0 Å². The normalized spacial score (nSPS) is 11.5. The molecule has 0 aliphatic rings. The number of anilines is 1. The van der Waals surface area contributed by atoms with E-state index >= 15 is 0 Å². The van der Waals surface area contributed by atoms with Gasteiger partial charge in [-0.15, -0.1) is 0 Å². The van der Waals surface area contributed by atoms with Crippen LogP contribution >= 0.6 is 11.8 Å². The predicted octanol–water partition coefficient (Wildman–Crippen LogP) is 3.87. The fourth-order valence-corrected chi connectivity index (χ4v) is 3.64. The number of thioether (sulfide) groups is 1. The van der Waals surface area contributed by atoms with Gasteiger partial charge in [0.25, 0.3) is 5.56 Å². The van der Waals surface area contributed by atoms with E-state index < -0.39 is 23.2 Å². The Hall–Kier alpha value is -3.80. The number of hydrogen-bond acceptors (Lipinski definition) is 6. The first-order valence-corrected chi connectivity index (χ1v) is 10.5. The molecule has 8 nitrogen and oxygen atoms in total. The van der Waals surface area contributed by atoms with Crippen LogP contribution in [0.2, 0.25) is 0 Å². The van der Waals surface area contributed by atoms with Gasteiger partial charge in [0.05, 0.1) is 30.3 Å². The maximum absolute atomic E-state index is 12.8. The molecule has 0 aliphatic carbocycles. The van der Waals surface area contributed by atoms with Crippen LogP contribution in [0.4, 0.5) is 18.9 Å². The zero-order valence-electron chi connectivity index (χ0n) is 17.0. The van der Waals surface area contributed by atoms with E-state index in [1.807, 2.05) is 0 Å². The molecular weight excluding hydrogens is 459 g/mol. The average Bonchev–Trinajstić information content (AvgIpc) is 3.22. The van der Waals surface area contributed by atoms with Crippen molar-refractivity contribution in [1.29, 1.82) is 0 Å². The minimum atomic E-state index is -4.51. The van der Waals surface area contributed by atoms with Gasteiger partial charge in [-0.05, 0) is 42.5 Å². The molecule has 0 radical (unpaired) electrons. The summed E-state index contributed by atoms with van der Waals surface area (Å²) in [4.78, 5) is 31.6. The number of nitrogens with zero attached hydrogens (tertiary/aromatic N) is 3. The average molecular weight is 475 g/mol. The number of amides is 1. The molecule has 4 rings (SSSR count). The molecule has 0 spiro atoms. The number of hydrogen-bond donors (Lipinski definition) is 2. The Labute approximate surface area is 188 Å². The molecule has 0 unspecified atom stereocenters. The van der Waals surface area contributed by atoms with E-state index in [2.05, 4.69) is 20.4 Å². The van der Waals surface area contributed by atoms with Crippen LogP contribution in [0.1, 0.15) is 5.56 Å². The Kier molecular flexibility index (Phi) is 6.09. The lowest BCUT2D eigenvalue weighted by molar-refractivity contribution is -0.137. The van der Waals surface area contributed by atoms with E-state index in [0.29, 0.717) is 17.1 Å². The number of aromatic amines is 1. The minimum Gasteiger partial charge on any atom is -0.497 e. The van der Waals surface area contributed by atoms with Gasteiger partial charge in [-0.3, -0.25) is 9.59 Å². The van der Waals surface area contributed by atoms with Crippen LogP contribution in [0.3, 0.4) is 0 Å². The number of benzene rings is 2. The zero-order chi connectivity index (χ0) is 23.6. The summed E-state index contributed by atoms with van der Waals surface area (Å²) in [5, 5.41) is 7.06. The molecular formula is C21H16F3N5O3S. The van der Waals surface area contributed by atoms with Crippen molar-refractivity contribution in [2.45, 2.75) is 11.3 Å². The second-order valence-corrected chi connectivity index (χ2v) is 7.74. The summed E-state index contributed by atoms with van der Waals surface area (Å²) in [6.45, 7) is 0. The van der Waals surface area contributed by atoms with Crippen molar-refractivity contribution in [2.75, 3.05) is 18.2 Å². The second-order valence-electron chi connectivity index (χ2n) is 6.78. The Morgan fingerprint density at radius 3 is 2.67 bits per heavy atom. The number of alkyl halides is 3. The maximum atomic E-state index is 12.8. The van der Waals surface area contributed by atoms with E-state index in [9.17, 15) is 22.8 Å². The Morgan fingerprint density at radius 2 is 1.97 bits per heavy atom. The van der Waals surface area contributed by atoms with E-state index in [1.54, 1.807) is 31.4 Å². The summed E-state index contributed by atoms with van der Waals surface area (Å²) < 4.78 is 45.1. The number of ether oxygens (including phenoxy) is 1. The molecule has 0 aliphatic heterocycles. The summed E-state index contributed by atoms with van der Waals surface area (Å²) in [6.07, 6.45) is -3.12. The van der Waals surface area contributed by atoms with Crippen molar-refractivity contribution in [1.82, 2.24) is 19.7 Å². The van der Waals surface area contributed by atoms with Gasteiger partial charge in [-0.2, -0.15) is 18.3 Å². The third-order valence-corrected chi connectivity index (χ3v) is 5.42. The number of H-pyrrole nitrogens is 1. The van der Waals surface area contributed by atoms with Crippen molar-refractivity contribution in [3.8, 4) is 11.4 Å². The lowest BCUT2D eigenvalue weighted by Gasteiger charge is -2.09. The van der Waals surface area contributed by atoms with Gasteiger partial charge in [0.1, 0.15) is 11.1 Å². The summed E-state index contributed by atoms with van der Waals surface area (Å²) >= 11 is 0.938. The molecule has 2 aromatic carbocycles. The molecule has 0 fully saturated rings. The molecule has 1 amide bonds. The molecule has 0 bridgehead atoms. The third-order valence-electron chi connectivity index (χ3n) is 4.55. The molecule has 2 heterocycles. The fourth-order valence-electron chi connectivity index (χ4n) is 2.98. The number of methoxy groups -OCH3 is 1. The smallest absolute Gasteiger partial charge is 0.416 e. The highest BCUT2D eigenvalue weighted by Crippen LogP contribution is 2.30. The van der Waals surface area contributed by atoms with Crippen LogP contribution in [0.25, 0.3) is 16.7 Å². The summed E-state index contributed by atoms with van der Waals surface area (Å²) in [5.41, 5.74) is -0.325. The largest absolute Gasteiger partial charge is 0.497 e. The number of aromatic nitrogens is 4. The molecule has 2 aromatic heterocycles. The first kappa shape index (κ1) is 22.4. The van der Waals surface area contributed by atoms with Gasteiger partial charge in [0.15, 0.2) is 10.8 Å². The quantitative estimate of drug-likeness (QED) is 0.324. The van der Waals surface area contributed by atoms with Gasteiger partial charge < -0.3 is 15.0 Å². The summed E-state index contributed by atoms with van der Waals surface area (Å²) in [5.74, 6) is -0.0729. The van der Waals surface area contributed by atoms with Gasteiger partial charge in [-0.25, -0.2) is 9.67 Å². The number of carbonyl (C=O) groups excluding carboxylic acids is 1. The first-order valence-electron chi connectivity index (χ1n) is 9.47. The Morgan fingerprint density at radius 1 is 1.21 bits per heavy atom. The Balaban J connectivity index is 1.51. The molecule has 4 aromatic rings. The number of rotatable bonds is 6. The lowest BCUT2D eigenvalue weighted by Crippen LogP contribution is -2.16. The van der Waals surface area contributed by atoms with Crippen molar-refractivity contribution in [3.05, 3.63) is 70.6 Å².